The molecule has 0 saturated heterocycles. The Balaban J connectivity index is 1.77. The van der Waals surface area contributed by atoms with Crippen molar-refractivity contribution in [2.75, 3.05) is 5.32 Å². The van der Waals surface area contributed by atoms with E-state index in [0.717, 1.165) is 12.1 Å². The fourth-order valence-electron chi connectivity index (χ4n) is 2.37. The SMILES string of the molecule is O=C(c1ccccc1)c1ccc(NC(=O)c2c(F)cccc2F)cc1. The average Bonchev–Trinajstić information content (AvgIpc) is 2.62. The number of hydrogen-bond acceptors (Lipinski definition) is 2. The molecule has 0 bridgehead atoms. The number of nitrogens with one attached hydrogen (secondary N) is 1. The first-order valence-electron chi connectivity index (χ1n) is 7.51. The van der Waals surface area contributed by atoms with Gasteiger partial charge in [0.05, 0.1) is 0 Å². The summed E-state index contributed by atoms with van der Waals surface area (Å²) in [6.45, 7) is 0. The Labute approximate surface area is 142 Å². The molecule has 3 aromatic carbocycles. The van der Waals surface area contributed by atoms with Crippen molar-refractivity contribution in [1.82, 2.24) is 0 Å². The van der Waals surface area contributed by atoms with Crippen LogP contribution in [0.25, 0.3) is 0 Å². The lowest BCUT2D eigenvalue weighted by Crippen LogP contribution is -2.15. The molecule has 0 aliphatic carbocycles. The van der Waals surface area contributed by atoms with Crippen LogP contribution in [-0.4, -0.2) is 11.7 Å². The third-order valence-corrected chi connectivity index (χ3v) is 3.63. The Bertz CT molecular complexity index is 902. The smallest absolute Gasteiger partial charge is 0.261 e. The molecular weight excluding hydrogens is 324 g/mol. The molecule has 1 N–H and O–H groups in total. The first-order chi connectivity index (χ1) is 12.1. The van der Waals surface area contributed by atoms with Crippen molar-refractivity contribution in [2.45, 2.75) is 0 Å². The molecule has 3 aromatic rings. The van der Waals surface area contributed by atoms with Crippen LogP contribution in [0.1, 0.15) is 26.3 Å². The predicted molar refractivity (Wildman–Crippen MR) is 90.6 cm³/mol. The van der Waals surface area contributed by atoms with Gasteiger partial charge in [-0.25, -0.2) is 8.78 Å². The zero-order chi connectivity index (χ0) is 17.8. The van der Waals surface area contributed by atoms with Gasteiger partial charge in [0, 0.05) is 16.8 Å². The van der Waals surface area contributed by atoms with Crippen LogP contribution in [0.15, 0.2) is 72.8 Å². The molecular formula is C20H13F2NO2. The van der Waals surface area contributed by atoms with Crippen LogP contribution >= 0.6 is 0 Å². The molecule has 25 heavy (non-hydrogen) atoms. The molecule has 0 aromatic heterocycles. The second-order valence-electron chi connectivity index (χ2n) is 5.32. The Kier molecular flexibility index (Phi) is 4.66. The van der Waals surface area contributed by atoms with Gasteiger partial charge in [0.15, 0.2) is 5.78 Å². The Morgan fingerprint density at radius 3 is 1.84 bits per heavy atom. The topological polar surface area (TPSA) is 46.2 Å². The van der Waals surface area contributed by atoms with E-state index in [1.54, 1.807) is 36.4 Å². The van der Waals surface area contributed by atoms with Crippen LogP contribution in [-0.2, 0) is 0 Å². The van der Waals surface area contributed by atoms with Gasteiger partial charge in [-0.3, -0.25) is 9.59 Å². The Morgan fingerprint density at radius 1 is 0.680 bits per heavy atom. The molecule has 3 nitrogen and oxygen atoms in total. The van der Waals surface area contributed by atoms with Gasteiger partial charge >= 0.3 is 0 Å². The van der Waals surface area contributed by atoms with Crippen LogP contribution in [0.3, 0.4) is 0 Å². The Hall–Kier alpha value is -3.34. The molecule has 0 spiro atoms. The largest absolute Gasteiger partial charge is 0.322 e. The summed E-state index contributed by atoms with van der Waals surface area (Å²) in [6, 6.07) is 18.1. The van der Waals surface area contributed by atoms with Gasteiger partial charge in [0.1, 0.15) is 17.2 Å². The number of amides is 1. The van der Waals surface area contributed by atoms with Crippen molar-refractivity contribution in [3.63, 3.8) is 0 Å². The van der Waals surface area contributed by atoms with E-state index >= 15 is 0 Å². The van der Waals surface area contributed by atoms with Crippen LogP contribution < -0.4 is 5.32 Å². The number of ketones is 1. The molecule has 3 rings (SSSR count). The van der Waals surface area contributed by atoms with Crippen molar-refractivity contribution < 1.29 is 18.4 Å². The standard InChI is InChI=1S/C20H13F2NO2/c21-16-7-4-8-17(22)18(16)20(25)23-15-11-9-14(10-12-15)19(24)13-5-2-1-3-6-13/h1-12H,(H,23,25). The molecule has 1 amide bonds. The van der Waals surface area contributed by atoms with E-state index < -0.39 is 23.1 Å². The number of carbonyl (C=O) groups excluding carboxylic acids is 2. The van der Waals surface area contributed by atoms with E-state index in [4.69, 9.17) is 0 Å². The normalized spacial score (nSPS) is 10.3. The number of hydrogen-bond donors (Lipinski definition) is 1. The first-order valence-corrected chi connectivity index (χ1v) is 7.51. The van der Waals surface area contributed by atoms with Crippen LogP contribution in [0.4, 0.5) is 14.5 Å². The molecule has 0 heterocycles. The summed E-state index contributed by atoms with van der Waals surface area (Å²) < 4.78 is 27.2. The number of halogens is 2. The van der Waals surface area contributed by atoms with Gasteiger partial charge < -0.3 is 5.32 Å². The van der Waals surface area contributed by atoms with Gasteiger partial charge in [-0.1, -0.05) is 36.4 Å². The van der Waals surface area contributed by atoms with Crippen molar-refractivity contribution in [3.8, 4) is 0 Å². The summed E-state index contributed by atoms with van der Waals surface area (Å²) in [4.78, 5) is 24.3. The predicted octanol–water partition coefficient (Wildman–Crippen LogP) is 4.45. The van der Waals surface area contributed by atoms with E-state index in [9.17, 15) is 18.4 Å². The summed E-state index contributed by atoms with van der Waals surface area (Å²) in [5.74, 6) is -2.92. The zero-order valence-corrected chi connectivity index (χ0v) is 13.0. The molecule has 0 unspecified atom stereocenters. The highest BCUT2D eigenvalue weighted by molar-refractivity contribution is 6.09. The maximum absolute atomic E-state index is 13.6. The molecule has 0 aliphatic heterocycles. The summed E-state index contributed by atoms with van der Waals surface area (Å²) in [6.07, 6.45) is 0. The maximum Gasteiger partial charge on any atom is 0.261 e. The van der Waals surface area contributed by atoms with Gasteiger partial charge in [-0.15, -0.1) is 0 Å². The monoisotopic (exact) mass is 337 g/mol. The van der Waals surface area contributed by atoms with E-state index in [0.29, 0.717) is 16.8 Å². The summed E-state index contributed by atoms with van der Waals surface area (Å²) >= 11 is 0. The van der Waals surface area contributed by atoms with Gasteiger partial charge in [0.2, 0.25) is 0 Å². The fourth-order valence-corrected chi connectivity index (χ4v) is 2.37. The van der Waals surface area contributed by atoms with Gasteiger partial charge in [-0.05, 0) is 36.4 Å². The quantitative estimate of drug-likeness (QED) is 0.715. The molecule has 124 valence electrons. The third kappa shape index (κ3) is 3.61. The van der Waals surface area contributed by atoms with E-state index in [1.165, 1.54) is 18.2 Å². The van der Waals surface area contributed by atoms with E-state index in [2.05, 4.69) is 5.32 Å². The number of anilines is 1. The second kappa shape index (κ2) is 7.05. The highest BCUT2D eigenvalue weighted by atomic mass is 19.1. The molecule has 0 fully saturated rings. The third-order valence-electron chi connectivity index (χ3n) is 3.63. The van der Waals surface area contributed by atoms with Crippen LogP contribution in [0.2, 0.25) is 0 Å². The minimum atomic E-state index is -0.937. The number of rotatable bonds is 4. The fraction of sp³-hybridized carbons (Fsp3) is 0. The molecule has 0 aliphatic rings. The number of benzene rings is 3. The van der Waals surface area contributed by atoms with E-state index in [1.807, 2.05) is 6.07 Å². The van der Waals surface area contributed by atoms with Crippen molar-refractivity contribution >= 4 is 17.4 Å². The Morgan fingerprint density at radius 2 is 1.24 bits per heavy atom. The summed E-state index contributed by atoms with van der Waals surface area (Å²) in [5, 5.41) is 2.42. The van der Waals surface area contributed by atoms with Crippen LogP contribution in [0.5, 0.6) is 0 Å². The second-order valence-corrected chi connectivity index (χ2v) is 5.32. The molecule has 0 radical (unpaired) electrons. The summed E-state index contributed by atoms with van der Waals surface area (Å²) in [5.41, 5.74) is 0.679. The van der Waals surface area contributed by atoms with Crippen molar-refractivity contribution in [2.24, 2.45) is 0 Å². The summed E-state index contributed by atoms with van der Waals surface area (Å²) in [7, 11) is 0. The number of carbonyl (C=O) groups is 2. The lowest BCUT2D eigenvalue weighted by Gasteiger charge is -2.08. The molecule has 0 saturated carbocycles. The van der Waals surface area contributed by atoms with Crippen LogP contribution in [0, 0.1) is 11.6 Å². The van der Waals surface area contributed by atoms with Crippen molar-refractivity contribution in [1.29, 1.82) is 0 Å². The molecule has 5 heteroatoms. The minimum Gasteiger partial charge on any atom is -0.322 e. The zero-order valence-electron chi connectivity index (χ0n) is 13.0. The lowest BCUT2D eigenvalue weighted by atomic mass is 10.0. The van der Waals surface area contributed by atoms with Gasteiger partial charge in [-0.2, -0.15) is 0 Å². The average molecular weight is 337 g/mol. The minimum absolute atomic E-state index is 0.154. The maximum atomic E-state index is 13.6. The lowest BCUT2D eigenvalue weighted by molar-refractivity contribution is 0.101. The highest BCUT2D eigenvalue weighted by Gasteiger charge is 2.17. The van der Waals surface area contributed by atoms with E-state index in [-0.39, 0.29) is 5.78 Å². The van der Waals surface area contributed by atoms with Crippen molar-refractivity contribution in [3.05, 3.63) is 101 Å². The highest BCUT2D eigenvalue weighted by Crippen LogP contribution is 2.17. The molecule has 0 atom stereocenters. The van der Waals surface area contributed by atoms with Gasteiger partial charge in [0.25, 0.3) is 5.91 Å². The first kappa shape index (κ1) is 16.5.